The predicted octanol–water partition coefficient (Wildman–Crippen LogP) is 1.60. The Kier molecular flexibility index (Phi) is 3.62. The normalized spacial score (nSPS) is 21.5. The van der Waals surface area contributed by atoms with Gasteiger partial charge in [-0.15, -0.1) is 0 Å². The van der Waals surface area contributed by atoms with Crippen molar-refractivity contribution in [2.45, 2.75) is 32.4 Å². The van der Waals surface area contributed by atoms with Crippen LogP contribution in [0.15, 0.2) is 29.3 Å². The summed E-state index contributed by atoms with van der Waals surface area (Å²) in [5.41, 5.74) is 2.17. The maximum atomic E-state index is 12.8. The Balaban J connectivity index is 1.79. The van der Waals surface area contributed by atoms with Gasteiger partial charge in [0, 0.05) is 28.8 Å². The van der Waals surface area contributed by atoms with Crippen LogP contribution >= 0.6 is 11.6 Å². The summed E-state index contributed by atoms with van der Waals surface area (Å²) >= 11 is 6.06. The molecule has 2 N–H and O–H groups in total. The molecule has 3 heterocycles. The Morgan fingerprint density at radius 3 is 3.17 bits per heavy atom. The van der Waals surface area contributed by atoms with Crippen LogP contribution < -0.4 is 10.5 Å². The number of nitrogens with one attached hydrogen (secondary N) is 2. The number of H-pyrrole nitrogens is 1. The molecule has 6 heteroatoms. The van der Waals surface area contributed by atoms with Gasteiger partial charge in [0.15, 0.2) is 0 Å². The molecule has 5 nitrogen and oxygen atoms in total. The first-order valence-electron chi connectivity index (χ1n) is 8.18. The van der Waals surface area contributed by atoms with E-state index in [4.69, 9.17) is 11.6 Å². The van der Waals surface area contributed by atoms with Gasteiger partial charge < -0.3 is 9.88 Å². The van der Waals surface area contributed by atoms with E-state index in [1.165, 1.54) is 19.4 Å². The van der Waals surface area contributed by atoms with Crippen molar-refractivity contribution in [2.24, 2.45) is 0 Å². The number of fused-ring (bicyclic) bond motifs is 3. The monoisotopic (exact) mass is 331 g/mol. The molecule has 1 aromatic carbocycles. The lowest BCUT2D eigenvalue weighted by molar-refractivity contribution is -0.911. The zero-order valence-corrected chi connectivity index (χ0v) is 13.9. The van der Waals surface area contributed by atoms with Crippen LogP contribution in [0.2, 0.25) is 5.02 Å². The van der Waals surface area contributed by atoms with Crippen LogP contribution in [-0.4, -0.2) is 33.7 Å². The van der Waals surface area contributed by atoms with Gasteiger partial charge in [0.1, 0.15) is 17.1 Å². The molecule has 0 saturated carbocycles. The van der Waals surface area contributed by atoms with Gasteiger partial charge in [-0.3, -0.25) is 9.36 Å². The lowest BCUT2D eigenvalue weighted by Crippen LogP contribution is -3.13. The number of hydrogen-bond acceptors (Lipinski definition) is 2. The van der Waals surface area contributed by atoms with Crippen molar-refractivity contribution in [2.75, 3.05) is 13.1 Å². The summed E-state index contributed by atoms with van der Waals surface area (Å²) in [5.74, 6) is 0. The van der Waals surface area contributed by atoms with Crippen LogP contribution in [0, 0.1) is 0 Å². The second kappa shape index (κ2) is 5.65. The van der Waals surface area contributed by atoms with Gasteiger partial charge in [-0.05, 0) is 25.1 Å². The third-order valence-corrected chi connectivity index (χ3v) is 5.27. The molecular formula is C17H20ClN4O+. The number of aromatic nitrogens is 3. The third-order valence-electron chi connectivity index (χ3n) is 5.03. The minimum atomic E-state index is 0.00433. The zero-order chi connectivity index (χ0) is 16.0. The number of halogens is 1. The van der Waals surface area contributed by atoms with E-state index in [-0.39, 0.29) is 5.56 Å². The molecular weight excluding hydrogens is 312 g/mol. The molecule has 2 atom stereocenters. The Morgan fingerprint density at radius 2 is 2.35 bits per heavy atom. The van der Waals surface area contributed by atoms with Crippen LogP contribution in [0.4, 0.5) is 0 Å². The van der Waals surface area contributed by atoms with E-state index in [0.29, 0.717) is 22.1 Å². The van der Waals surface area contributed by atoms with E-state index in [0.717, 1.165) is 24.0 Å². The number of benzene rings is 1. The first kappa shape index (κ1) is 14.7. The average molecular weight is 332 g/mol. The summed E-state index contributed by atoms with van der Waals surface area (Å²) in [7, 11) is 0. The third kappa shape index (κ3) is 2.44. The molecule has 1 aliphatic heterocycles. The highest BCUT2D eigenvalue weighted by molar-refractivity contribution is 6.31. The number of hydrogen-bond donors (Lipinski definition) is 2. The fourth-order valence-electron chi connectivity index (χ4n) is 3.80. The zero-order valence-electron chi connectivity index (χ0n) is 13.1. The van der Waals surface area contributed by atoms with E-state index in [1.54, 1.807) is 15.8 Å². The van der Waals surface area contributed by atoms with Crippen LogP contribution in [0.3, 0.4) is 0 Å². The largest absolute Gasteiger partial charge is 0.349 e. The first-order valence-corrected chi connectivity index (χ1v) is 8.56. The number of quaternary nitrogens is 1. The lowest BCUT2D eigenvalue weighted by atomic mass is 10.2. The molecule has 0 aliphatic carbocycles. The van der Waals surface area contributed by atoms with Crippen LogP contribution in [-0.2, 0) is 6.54 Å². The summed E-state index contributed by atoms with van der Waals surface area (Å²) in [4.78, 5) is 22.1. The summed E-state index contributed by atoms with van der Waals surface area (Å²) in [6, 6.07) is 6.07. The molecule has 0 bridgehead atoms. The predicted molar refractivity (Wildman–Crippen MR) is 92.3 cm³/mol. The van der Waals surface area contributed by atoms with Crippen molar-refractivity contribution < 1.29 is 4.90 Å². The van der Waals surface area contributed by atoms with E-state index in [9.17, 15) is 4.79 Å². The maximum Gasteiger partial charge on any atom is 0.277 e. The van der Waals surface area contributed by atoms with Crippen LogP contribution in [0.1, 0.15) is 19.8 Å². The van der Waals surface area contributed by atoms with Crippen molar-refractivity contribution in [3.8, 4) is 0 Å². The number of likely N-dealkylation sites (tertiary alicyclic amines) is 1. The Bertz CT molecular complexity index is 929. The molecule has 1 saturated heterocycles. The second-order valence-electron chi connectivity index (χ2n) is 6.34. The molecule has 23 heavy (non-hydrogen) atoms. The fourth-order valence-corrected chi connectivity index (χ4v) is 3.97. The van der Waals surface area contributed by atoms with Gasteiger partial charge in [0.2, 0.25) is 0 Å². The molecule has 2 aromatic heterocycles. The van der Waals surface area contributed by atoms with E-state index in [1.807, 2.05) is 18.2 Å². The highest BCUT2D eigenvalue weighted by Gasteiger charge is 2.27. The number of rotatable bonds is 3. The van der Waals surface area contributed by atoms with E-state index >= 15 is 0 Å². The van der Waals surface area contributed by atoms with Gasteiger partial charge in [0.05, 0.1) is 26.0 Å². The topological polar surface area (TPSA) is 55.1 Å². The van der Waals surface area contributed by atoms with Crippen molar-refractivity contribution in [3.05, 3.63) is 39.9 Å². The molecule has 3 aromatic rings. The molecule has 0 amide bonds. The summed E-state index contributed by atoms with van der Waals surface area (Å²) < 4.78 is 1.75. The standard InChI is InChI=1S/C17H19ClN4O/c1-2-21-7-3-4-12(21)9-22-10-19-15-13-8-11(18)5-6-14(13)20-16(15)17(22)23/h5-6,8,10,12,20H,2-4,7,9H2,1H3/p+1/t12-/m1/s1. The van der Waals surface area contributed by atoms with Gasteiger partial charge in [-0.1, -0.05) is 11.6 Å². The summed E-state index contributed by atoms with van der Waals surface area (Å²) in [5, 5.41) is 1.55. The Labute approximate surface area is 138 Å². The van der Waals surface area contributed by atoms with E-state index < -0.39 is 0 Å². The molecule has 1 unspecified atom stereocenters. The summed E-state index contributed by atoms with van der Waals surface area (Å²) in [6.07, 6.45) is 4.10. The van der Waals surface area contributed by atoms with Crippen LogP contribution in [0.25, 0.3) is 21.9 Å². The molecule has 0 radical (unpaired) electrons. The SMILES string of the molecule is CC[NH+]1CCC[C@@H]1Cn1cnc2c([nH]c3ccc(Cl)cc32)c1=O. The Hall–Kier alpha value is -1.85. The quantitative estimate of drug-likeness (QED) is 0.766. The smallest absolute Gasteiger partial charge is 0.277 e. The molecule has 1 aliphatic rings. The lowest BCUT2D eigenvalue weighted by Gasteiger charge is -2.20. The minimum Gasteiger partial charge on any atom is -0.349 e. The highest BCUT2D eigenvalue weighted by atomic mass is 35.5. The molecule has 0 spiro atoms. The van der Waals surface area contributed by atoms with Gasteiger partial charge in [-0.25, -0.2) is 4.98 Å². The number of nitrogens with zero attached hydrogens (tertiary/aromatic N) is 2. The molecule has 120 valence electrons. The van der Waals surface area contributed by atoms with Gasteiger partial charge in [-0.2, -0.15) is 0 Å². The minimum absolute atomic E-state index is 0.00433. The van der Waals surface area contributed by atoms with Gasteiger partial charge >= 0.3 is 0 Å². The molecule has 1 fully saturated rings. The maximum absolute atomic E-state index is 12.8. The van der Waals surface area contributed by atoms with Crippen molar-refractivity contribution in [1.82, 2.24) is 14.5 Å². The number of aromatic amines is 1. The highest BCUT2D eigenvalue weighted by Crippen LogP contribution is 2.24. The number of likely N-dealkylation sites (N-methyl/N-ethyl adjacent to an activating group) is 1. The average Bonchev–Trinajstić information content (AvgIpc) is 3.14. The molecule has 4 rings (SSSR count). The summed E-state index contributed by atoms with van der Waals surface area (Å²) in [6.45, 7) is 5.26. The van der Waals surface area contributed by atoms with Crippen LogP contribution in [0.5, 0.6) is 0 Å². The van der Waals surface area contributed by atoms with Crippen molar-refractivity contribution in [1.29, 1.82) is 0 Å². The fraction of sp³-hybridized carbons (Fsp3) is 0.412. The second-order valence-corrected chi connectivity index (χ2v) is 6.78. The Morgan fingerprint density at radius 1 is 1.48 bits per heavy atom. The van der Waals surface area contributed by atoms with Gasteiger partial charge in [0.25, 0.3) is 5.56 Å². The first-order chi connectivity index (χ1) is 11.2. The van der Waals surface area contributed by atoms with Crippen molar-refractivity contribution in [3.63, 3.8) is 0 Å². The van der Waals surface area contributed by atoms with E-state index in [2.05, 4.69) is 16.9 Å². The van der Waals surface area contributed by atoms with Crippen molar-refractivity contribution >= 4 is 33.5 Å².